The van der Waals surface area contributed by atoms with Crippen molar-refractivity contribution in [2.24, 2.45) is 0 Å². The average molecular weight is 267 g/mol. The number of aromatic nitrogens is 2. The summed E-state index contributed by atoms with van der Waals surface area (Å²) >= 11 is 0. The summed E-state index contributed by atoms with van der Waals surface area (Å²) in [6.45, 7) is -1.18. The van der Waals surface area contributed by atoms with Crippen molar-refractivity contribution in [1.82, 2.24) is 9.78 Å². The number of ether oxygens (including phenoxy) is 1. The molecule has 0 aliphatic carbocycles. The van der Waals surface area contributed by atoms with E-state index in [2.05, 4.69) is 5.10 Å². The molecule has 0 aliphatic heterocycles. The van der Waals surface area contributed by atoms with Gasteiger partial charge in [0.15, 0.2) is 5.75 Å². The van der Waals surface area contributed by atoms with Gasteiger partial charge in [-0.05, 0) is 12.1 Å². The van der Waals surface area contributed by atoms with Crippen molar-refractivity contribution in [1.29, 1.82) is 5.26 Å². The Bertz CT molecular complexity index is 613. The molecule has 0 bridgehead atoms. The number of nitriles is 1. The highest BCUT2D eigenvalue weighted by Crippen LogP contribution is 2.25. The summed E-state index contributed by atoms with van der Waals surface area (Å²) in [7, 11) is 0. The van der Waals surface area contributed by atoms with Gasteiger partial charge in [-0.15, -0.1) is 0 Å². The lowest BCUT2D eigenvalue weighted by atomic mass is 10.2. The van der Waals surface area contributed by atoms with Gasteiger partial charge in [0.1, 0.15) is 18.4 Å². The van der Waals surface area contributed by atoms with E-state index in [-0.39, 0.29) is 11.5 Å². The molecule has 0 unspecified atom stereocenters. The van der Waals surface area contributed by atoms with Gasteiger partial charge in [0.05, 0.1) is 18.0 Å². The summed E-state index contributed by atoms with van der Waals surface area (Å²) in [5.74, 6) is 0.420. The van der Waals surface area contributed by atoms with E-state index in [0.29, 0.717) is 5.56 Å². The van der Waals surface area contributed by atoms with E-state index in [9.17, 15) is 13.2 Å². The molecule has 7 heteroatoms. The molecule has 0 spiro atoms. The number of benzene rings is 1. The fourth-order valence-corrected chi connectivity index (χ4v) is 1.44. The van der Waals surface area contributed by atoms with Crippen LogP contribution in [0, 0.1) is 11.3 Å². The molecule has 4 nitrogen and oxygen atoms in total. The molecular formula is C12H8F3N3O. The molecule has 2 rings (SSSR count). The quantitative estimate of drug-likeness (QED) is 0.858. The Morgan fingerprint density at radius 3 is 2.74 bits per heavy atom. The second-order valence-electron chi connectivity index (χ2n) is 3.70. The molecule has 0 saturated heterocycles. The Morgan fingerprint density at radius 2 is 2.05 bits per heavy atom. The first-order chi connectivity index (χ1) is 8.98. The van der Waals surface area contributed by atoms with Crippen LogP contribution in [0.3, 0.4) is 0 Å². The van der Waals surface area contributed by atoms with Gasteiger partial charge in [-0.3, -0.25) is 4.68 Å². The highest BCUT2D eigenvalue weighted by Gasteiger charge is 2.28. The zero-order valence-corrected chi connectivity index (χ0v) is 9.55. The van der Waals surface area contributed by atoms with Gasteiger partial charge in [-0.2, -0.15) is 23.5 Å². The van der Waals surface area contributed by atoms with Crippen molar-refractivity contribution < 1.29 is 17.9 Å². The van der Waals surface area contributed by atoms with Crippen LogP contribution < -0.4 is 4.74 Å². The lowest BCUT2D eigenvalue weighted by molar-refractivity contribution is -0.142. The third-order valence-electron chi connectivity index (χ3n) is 2.19. The van der Waals surface area contributed by atoms with Crippen LogP contribution in [0.4, 0.5) is 13.2 Å². The van der Waals surface area contributed by atoms with E-state index in [0.717, 1.165) is 10.9 Å². The molecule has 2 aromatic rings. The monoisotopic (exact) mass is 267 g/mol. The number of hydrogen-bond acceptors (Lipinski definition) is 3. The molecule has 0 atom stereocenters. The zero-order chi connectivity index (χ0) is 13.9. The summed E-state index contributed by atoms with van der Waals surface area (Å²) < 4.78 is 42.5. The number of nitrogens with zero attached hydrogens (tertiary/aromatic N) is 3. The van der Waals surface area contributed by atoms with E-state index in [1.807, 2.05) is 6.07 Å². The standard InChI is InChI=1S/C12H8F3N3O/c13-12(14,15)8-18-7-10(6-17-18)19-11-4-2-1-3-9(11)5-16/h1-4,6-7H,8H2. The van der Waals surface area contributed by atoms with E-state index < -0.39 is 12.7 Å². The fourth-order valence-electron chi connectivity index (χ4n) is 1.44. The number of halogens is 3. The van der Waals surface area contributed by atoms with Gasteiger partial charge in [0.25, 0.3) is 0 Å². The predicted molar refractivity (Wildman–Crippen MR) is 59.5 cm³/mol. The maximum atomic E-state index is 12.2. The van der Waals surface area contributed by atoms with Gasteiger partial charge >= 0.3 is 6.18 Å². The molecule has 19 heavy (non-hydrogen) atoms. The largest absolute Gasteiger partial charge is 0.453 e. The van der Waals surface area contributed by atoms with Crippen LogP contribution in [0.1, 0.15) is 5.56 Å². The topological polar surface area (TPSA) is 50.8 Å². The normalized spacial score (nSPS) is 11.1. The lowest BCUT2D eigenvalue weighted by Crippen LogP contribution is -2.17. The van der Waals surface area contributed by atoms with Crippen molar-refractivity contribution >= 4 is 0 Å². The molecular weight excluding hydrogens is 259 g/mol. The molecule has 0 fully saturated rings. The fraction of sp³-hybridized carbons (Fsp3) is 0.167. The second kappa shape index (κ2) is 5.02. The van der Waals surface area contributed by atoms with Crippen molar-refractivity contribution in [3.8, 4) is 17.6 Å². The van der Waals surface area contributed by atoms with Crippen LogP contribution in [0.5, 0.6) is 11.5 Å². The van der Waals surface area contributed by atoms with Crippen LogP contribution in [-0.2, 0) is 6.54 Å². The van der Waals surface area contributed by atoms with Gasteiger partial charge in [0.2, 0.25) is 0 Å². The van der Waals surface area contributed by atoms with Gasteiger partial charge in [-0.25, -0.2) is 0 Å². The van der Waals surface area contributed by atoms with Gasteiger partial charge < -0.3 is 4.74 Å². The van der Waals surface area contributed by atoms with Crippen LogP contribution in [0.15, 0.2) is 36.7 Å². The SMILES string of the molecule is N#Cc1ccccc1Oc1cnn(CC(F)(F)F)c1. The third-order valence-corrected chi connectivity index (χ3v) is 2.19. The van der Waals surface area contributed by atoms with Crippen molar-refractivity contribution in [3.63, 3.8) is 0 Å². The van der Waals surface area contributed by atoms with Crippen LogP contribution in [-0.4, -0.2) is 16.0 Å². The maximum Gasteiger partial charge on any atom is 0.408 e. The molecule has 1 heterocycles. The van der Waals surface area contributed by atoms with E-state index in [4.69, 9.17) is 10.00 Å². The minimum absolute atomic E-state index is 0.145. The molecule has 0 radical (unpaired) electrons. The molecule has 1 aromatic heterocycles. The predicted octanol–water partition coefficient (Wildman–Crippen LogP) is 3.11. The first-order valence-corrected chi connectivity index (χ1v) is 5.24. The molecule has 0 N–H and O–H groups in total. The van der Waals surface area contributed by atoms with Crippen LogP contribution in [0.2, 0.25) is 0 Å². The minimum Gasteiger partial charge on any atom is -0.453 e. The molecule has 0 amide bonds. The Morgan fingerprint density at radius 1 is 1.32 bits per heavy atom. The zero-order valence-electron chi connectivity index (χ0n) is 9.55. The number of hydrogen-bond donors (Lipinski definition) is 0. The summed E-state index contributed by atoms with van der Waals surface area (Å²) in [4.78, 5) is 0. The van der Waals surface area contributed by atoms with Crippen LogP contribution >= 0.6 is 0 Å². The van der Waals surface area contributed by atoms with Crippen molar-refractivity contribution in [2.75, 3.05) is 0 Å². The van der Waals surface area contributed by atoms with E-state index in [1.54, 1.807) is 24.3 Å². The van der Waals surface area contributed by atoms with Crippen LogP contribution in [0.25, 0.3) is 0 Å². The third kappa shape index (κ3) is 3.48. The van der Waals surface area contributed by atoms with Crippen molar-refractivity contribution in [2.45, 2.75) is 12.7 Å². The smallest absolute Gasteiger partial charge is 0.408 e. The number of para-hydroxylation sites is 1. The number of alkyl halides is 3. The Hall–Kier alpha value is -2.49. The lowest BCUT2D eigenvalue weighted by Gasteiger charge is -2.05. The molecule has 1 aromatic carbocycles. The van der Waals surface area contributed by atoms with Gasteiger partial charge in [-0.1, -0.05) is 12.1 Å². The second-order valence-corrected chi connectivity index (χ2v) is 3.70. The molecule has 0 aliphatic rings. The maximum absolute atomic E-state index is 12.2. The first kappa shape index (κ1) is 13.0. The Labute approximate surface area is 106 Å². The van der Waals surface area contributed by atoms with E-state index in [1.165, 1.54) is 6.20 Å². The summed E-state index contributed by atoms with van der Waals surface area (Å²) in [5, 5.41) is 12.4. The van der Waals surface area contributed by atoms with Crippen molar-refractivity contribution in [3.05, 3.63) is 42.2 Å². The Kier molecular flexibility index (Phi) is 3.42. The van der Waals surface area contributed by atoms with Gasteiger partial charge in [0, 0.05) is 0 Å². The average Bonchev–Trinajstić information content (AvgIpc) is 2.75. The Balaban J connectivity index is 2.14. The minimum atomic E-state index is -4.34. The van der Waals surface area contributed by atoms with E-state index >= 15 is 0 Å². The highest BCUT2D eigenvalue weighted by atomic mass is 19.4. The summed E-state index contributed by atoms with van der Waals surface area (Å²) in [6, 6.07) is 8.36. The molecule has 0 saturated carbocycles. The highest BCUT2D eigenvalue weighted by molar-refractivity contribution is 5.44. The first-order valence-electron chi connectivity index (χ1n) is 5.24. The summed E-state index contributed by atoms with van der Waals surface area (Å²) in [5.41, 5.74) is 0.297. The molecule has 98 valence electrons. The summed E-state index contributed by atoms with van der Waals surface area (Å²) in [6.07, 6.45) is -2.05. The number of rotatable bonds is 3.